The Morgan fingerprint density at radius 2 is 1.79 bits per heavy atom. The predicted molar refractivity (Wildman–Crippen MR) is 149 cm³/mol. The number of carboxylic acid groups (broad SMARTS) is 1. The van der Waals surface area contributed by atoms with Gasteiger partial charge in [-0.05, 0) is 98.7 Å². The Bertz CT molecular complexity index is 1350. The molecule has 0 saturated carbocycles. The molecule has 0 aliphatic heterocycles. The minimum Gasteiger partial charge on any atom is -0.494 e. The first-order valence-corrected chi connectivity index (χ1v) is 13.6. The van der Waals surface area contributed by atoms with Gasteiger partial charge in [0.2, 0.25) is 5.89 Å². The first kappa shape index (κ1) is 25.8. The lowest BCUT2D eigenvalue weighted by atomic mass is 9.83. The van der Waals surface area contributed by atoms with Crippen LogP contribution in [0.3, 0.4) is 0 Å². The number of aromatic nitrogens is 1. The highest BCUT2D eigenvalue weighted by Crippen LogP contribution is 2.41. The average molecular weight is 510 g/mol. The number of carbonyl (C=O) groups is 1. The molecule has 5 nitrogen and oxygen atoms in total. The van der Waals surface area contributed by atoms with Crippen molar-refractivity contribution in [3.8, 4) is 17.2 Å². The molecular weight excluding hydrogens is 474 g/mol. The Hall–Kier alpha value is -3.86. The van der Waals surface area contributed by atoms with Crippen LogP contribution < -0.4 is 4.74 Å². The molecule has 38 heavy (non-hydrogen) atoms. The molecular formula is C33H35NO4. The van der Waals surface area contributed by atoms with Crippen LogP contribution in [0.4, 0.5) is 0 Å². The smallest absolute Gasteiger partial charge is 0.307 e. The van der Waals surface area contributed by atoms with Crippen molar-refractivity contribution in [2.45, 2.75) is 57.8 Å². The summed E-state index contributed by atoms with van der Waals surface area (Å²) in [5.41, 5.74) is 5.62. The predicted octanol–water partition coefficient (Wildman–Crippen LogP) is 7.42. The van der Waals surface area contributed by atoms with Crippen LogP contribution in [0.15, 0.2) is 83.3 Å². The number of benzene rings is 3. The van der Waals surface area contributed by atoms with Gasteiger partial charge in [-0.25, -0.2) is 4.98 Å². The van der Waals surface area contributed by atoms with E-state index >= 15 is 0 Å². The van der Waals surface area contributed by atoms with Crippen LogP contribution in [-0.4, -0.2) is 22.7 Å². The summed E-state index contributed by atoms with van der Waals surface area (Å²) in [5.74, 6) is 1.40. The molecule has 196 valence electrons. The molecule has 1 aliphatic rings. The summed E-state index contributed by atoms with van der Waals surface area (Å²) in [4.78, 5) is 16.8. The van der Waals surface area contributed by atoms with E-state index in [1.807, 2.05) is 61.5 Å². The number of hydrogen-bond acceptors (Lipinski definition) is 4. The zero-order valence-electron chi connectivity index (χ0n) is 21.9. The van der Waals surface area contributed by atoms with Crippen LogP contribution in [0.25, 0.3) is 11.5 Å². The van der Waals surface area contributed by atoms with Gasteiger partial charge in [-0.2, -0.15) is 0 Å². The van der Waals surface area contributed by atoms with Crippen molar-refractivity contribution >= 4 is 5.97 Å². The molecule has 5 heteroatoms. The van der Waals surface area contributed by atoms with Gasteiger partial charge in [0.1, 0.15) is 11.5 Å². The number of carboxylic acids is 1. The third-order valence-electron chi connectivity index (χ3n) is 7.60. The van der Waals surface area contributed by atoms with Crippen molar-refractivity contribution in [3.05, 3.63) is 107 Å². The highest BCUT2D eigenvalue weighted by atomic mass is 16.5. The number of oxazole rings is 1. The van der Waals surface area contributed by atoms with Crippen molar-refractivity contribution in [1.82, 2.24) is 4.98 Å². The second-order valence-corrected chi connectivity index (χ2v) is 10.2. The molecule has 1 aliphatic carbocycles. The molecule has 1 N–H and O–H groups in total. The number of nitrogens with zero attached hydrogens (tertiary/aromatic N) is 1. The minimum atomic E-state index is -0.685. The standard InChI is InChI=1S/C33H35NO4/c1-23-31(34-32(38-23)25-13-6-3-7-14-25)16-9-21-37-27-18-20-28-26(22-27)17-19-29(28)30(33(35)36)15-8-12-24-10-4-2-5-11-24/h2-7,10-11,13-14,18,20,22,29-30H,8-9,12,15-17,19,21H2,1H3,(H,35,36). The maximum absolute atomic E-state index is 12.2. The van der Waals surface area contributed by atoms with Gasteiger partial charge < -0.3 is 14.3 Å². The normalized spacial score (nSPS) is 15.2. The van der Waals surface area contributed by atoms with E-state index in [1.165, 1.54) is 16.7 Å². The summed E-state index contributed by atoms with van der Waals surface area (Å²) < 4.78 is 11.9. The van der Waals surface area contributed by atoms with E-state index in [0.29, 0.717) is 18.9 Å². The zero-order chi connectivity index (χ0) is 26.3. The number of aryl methyl sites for hydroxylation is 4. The maximum Gasteiger partial charge on any atom is 0.307 e. The molecule has 1 aromatic heterocycles. The average Bonchev–Trinajstić information content (AvgIpc) is 3.53. The molecule has 0 amide bonds. The van der Waals surface area contributed by atoms with Crippen molar-refractivity contribution in [2.24, 2.45) is 5.92 Å². The third-order valence-corrected chi connectivity index (χ3v) is 7.60. The Labute approximate surface area is 224 Å². The third kappa shape index (κ3) is 6.16. The van der Waals surface area contributed by atoms with Gasteiger partial charge in [-0.15, -0.1) is 0 Å². The molecule has 2 unspecified atom stereocenters. The number of aliphatic carboxylic acids is 1. The monoisotopic (exact) mass is 509 g/mol. The van der Waals surface area contributed by atoms with Crippen molar-refractivity contribution in [3.63, 3.8) is 0 Å². The Balaban J connectivity index is 1.13. The van der Waals surface area contributed by atoms with Crippen LogP contribution in [0, 0.1) is 12.8 Å². The van der Waals surface area contributed by atoms with Gasteiger partial charge in [-0.1, -0.05) is 54.6 Å². The van der Waals surface area contributed by atoms with E-state index < -0.39 is 5.97 Å². The molecule has 0 radical (unpaired) electrons. The number of fused-ring (bicyclic) bond motifs is 1. The second kappa shape index (κ2) is 12.1. The second-order valence-electron chi connectivity index (χ2n) is 10.2. The van der Waals surface area contributed by atoms with Crippen LogP contribution in [0.5, 0.6) is 5.75 Å². The fourth-order valence-electron chi connectivity index (χ4n) is 5.60. The summed E-state index contributed by atoms with van der Waals surface area (Å²) in [5, 5.41) is 10.00. The lowest BCUT2D eigenvalue weighted by molar-refractivity contribution is -0.142. The van der Waals surface area contributed by atoms with Crippen molar-refractivity contribution < 1.29 is 19.1 Å². The fourth-order valence-corrected chi connectivity index (χ4v) is 5.60. The van der Waals surface area contributed by atoms with E-state index in [1.54, 1.807) is 0 Å². The van der Waals surface area contributed by atoms with Crippen LogP contribution in [0.2, 0.25) is 0 Å². The zero-order valence-corrected chi connectivity index (χ0v) is 21.9. The first-order valence-electron chi connectivity index (χ1n) is 13.6. The van der Waals surface area contributed by atoms with Crippen LogP contribution in [0.1, 0.15) is 59.7 Å². The molecule has 2 atom stereocenters. The van der Waals surface area contributed by atoms with E-state index in [-0.39, 0.29) is 11.8 Å². The highest BCUT2D eigenvalue weighted by molar-refractivity contribution is 5.72. The van der Waals surface area contributed by atoms with Gasteiger partial charge in [0, 0.05) is 5.56 Å². The summed E-state index contributed by atoms with van der Waals surface area (Å²) in [7, 11) is 0. The van der Waals surface area contributed by atoms with E-state index in [9.17, 15) is 9.90 Å². The summed E-state index contributed by atoms with van der Waals surface area (Å²) in [6.45, 7) is 2.55. The maximum atomic E-state index is 12.2. The lowest BCUT2D eigenvalue weighted by Crippen LogP contribution is -2.21. The van der Waals surface area contributed by atoms with Crippen molar-refractivity contribution in [2.75, 3.05) is 6.61 Å². The van der Waals surface area contributed by atoms with Crippen molar-refractivity contribution in [1.29, 1.82) is 0 Å². The lowest BCUT2D eigenvalue weighted by Gasteiger charge is -2.21. The number of ether oxygens (including phenoxy) is 1. The Morgan fingerprint density at radius 3 is 2.55 bits per heavy atom. The number of rotatable bonds is 12. The topological polar surface area (TPSA) is 72.6 Å². The highest BCUT2D eigenvalue weighted by Gasteiger charge is 2.34. The van der Waals surface area contributed by atoms with E-state index in [2.05, 4.69) is 29.2 Å². The van der Waals surface area contributed by atoms with Crippen LogP contribution >= 0.6 is 0 Å². The Kier molecular flexibility index (Phi) is 8.22. The van der Waals surface area contributed by atoms with Gasteiger partial charge in [0.25, 0.3) is 0 Å². The SMILES string of the molecule is Cc1oc(-c2ccccc2)nc1CCCOc1ccc2c(c1)CCC2C(CCCc1ccccc1)C(=O)O. The molecule has 5 rings (SSSR count). The van der Waals surface area contributed by atoms with E-state index in [0.717, 1.165) is 61.3 Å². The number of hydrogen-bond donors (Lipinski definition) is 1. The minimum absolute atomic E-state index is 0.0706. The molecule has 3 aromatic carbocycles. The first-order chi connectivity index (χ1) is 18.6. The molecule has 0 fully saturated rings. The molecule has 1 heterocycles. The van der Waals surface area contributed by atoms with Crippen LogP contribution in [-0.2, 0) is 24.1 Å². The molecule has 0 spiro atoms. The summed E-state index contributed by atoms with van der Waals surface area (Å²) >= 11 is 0. The largest absolute Gasteiger partial charge is 0.494 e. The van der Waals surface area contributed by atoms with Gasteiger partial charge >= 0.3 is 5.97 Å². The van der Waals surface area contributed by atoms with Gasteiger partial charge in [0.05, 0.1) is 18.2 Å². The van der Waals surface area contributed by atoms with E-state index in [4.69, 9.17) is 9.15 Å². The van der Waals surface area contributed by atoms with Gasteiger partial charge in [0.15, 0.2) is 0 Å². The molecule has 4 aromatic rings. The van der Waals surface area contributed by atoms with Gasteiger partial charge in [-0.3, -0.25) is 4.79 Å². The molecule has 0 bridgehead atoms. The fraction of sp³-hybridized carbons (Fsp3) is 0.333. The quantitative estimate of drug-likeness (QED) is 0.201. The molecule has 0 saturated heterocycles. The Morgan fingerprint density at radius 1 is 1.03 bits per heavy atom. The summed E-state index contributed by atoms with van der Waals surface area (Å²) in [6.07, 6.45) is 5.91. The summed E-state index contributed by atoms with van der Waals surface area (Å²) in [6, 6.07) is 26.4.